The molecule has 1 amide bonds. The molecule has 170 valence electrons. The summed E-state index contributed by atoms with van der Waals surface area (Å²) in [6.45, 7) is 4.39. The summed E-state index contributed by atoms with van der Waals surface area (Å²) in [7, 11) is 0. The van der Waals surface area contributed by atoms with Crippen LogP contribution in [0.15, 0.2) is 77.9 Å². The Kier molecular flexibility index (Phi) is 5.86. The number of hydrogen-bond donors (Lipinski definition) is 1. The van der Waals surface area contributed by atoms with Crippen molar-refractivity contribution >= 4 is 43.9 Å². The molecule has 6 nitrogen and oxygen atoms in total. The number of amides is 1. The maximum atomic E-state index is 13.4. The van der Waals surface area contributed by atoms with Gasteiger partial charge in [0.1, 0.15) is 17.1 Å². The highest BCUT2D eigenvalue weighted by Crippen LogP contribution is 2.36. The Morgan fingerprint density at radius 1 is 1.06 bits per heavy atom. The molecule has 34 heavy (non-hydrogen) atoms. The molecule has 1 N–H and O–H groups in total. The van der Waals surface area contributed by atoms with Gasteiger partial charge in [0, 0.05) is 16.1 Å². The van der Waals surface area contributed by atoms with Gasteiger partial charge < -0.3 is 10.1 Å². The standard InChI is InChI=1S/C27H23N3O3S/c1-3-33-22-12-9-19(10-13-22)24-17(2)34-26-25(24)27(32)30(16-28-26)15-23(31)29-21-11-8-18-6-4-5-7-20(18)14-21/h4-14,16H,3,15H2,1-2H3,(H,29,31). The summed E-state index contributed by atoms with van der Waals surface area (Å²) in [4.78, 5) is 32.3. The predicted octanol–water partition coefficient (Wildman–Crippen LogP) is 5.62. The predicted molar refractivity (Wildman–Crippen MR) is 138 cm³/mol. The third-order valence-electron chi connectivity index (χ3n) is 5.66. The van der Waals surface area contributed by atoms with E-state index in [1.165, 1.54) is 22.2 Å². The number of rotatable bonds is 6. The Morgan fingerprint density at radius 3 is 2.59 bits per heavy atom. The maximum absolute atomic E-state index is 13.4. The first-order chi connectivity index (χ1) is 16.5. The van der Waals surface area contributed by atoms with Crippen molar-refractivity contribution < 1.29 is 9.53 Å². The number of nitrogens with one attached hydrogen (secondary N) is 1. The molecule has 0 spiro atoms. The number of fused-ring (bicyclic) bond motifs is 2. The fourth-order valence-corrected chi connectivity index (χ4v) is 5.11. The Morgan fingerprint density at radius 2 is 1.82 bits per heavy atom. The van der Waals surface area contributed by atoms with Gasteiger partial charge in [0.15, 0.2) is 0 Å². The van der Waals surface area contributed by atoms with Crippen molar-refractivity contribution in [2.75, 3.05) is 11.9 Å². The van der Waals surface area contributed by atoms with Crippen LogP contribution in [0.25, 0.3) is 32.1 Å². The molecular weight excluding hydrogens is 446 g/mol. The molecule has 0 atom stereocenters. The highest BCUT2D eigenvalue weighted by atomic mass is 32.1. The Balaban J connectivity index is 1.44. The van der Waals surface area contributed by atoms with E-state index in [-0.39, 0.29) is 18.0 Å². The minimum Gasteiger partial charge on any atom is -0.494 e. The number of carbonyl (C=O) groups is 1. The van der Waals surface area contributed by atoms with Gasteiger partial charge in [0.2, 0.25) is 5.91 Å². The first-order valence-corrected chi connectivity index (χ1v) is 11.9. The minimum atomic E-state index is -0.284. The van der Waals surface area contributed by atoms with Gasteiger partial charge >= 0.3 is 0 Å². The van der Waals surface area contributed by atoms with Gasteiger partial charge in [-0.3, -0.25) is 14.2 Å². The fourth-order valence-electron chi connectivity index (χ4n) is 4.10. The Labute approximate surface area is 200 Å². The van der Waals surface area contributed by atoms with Crippen molar-refractivity contribution in [3.05, 3.63) is 88.3 Å². The first kappa shape index (κ1) is 21.9. The van der Waals surface area contributed by atoms with Crippen molar-refractivity contribution in [2.45, 2.75) is 20.4 Å². The molecule has 0 unspecified atom stereocenters. The lowest BCUT2D eigenvalue weighted by Gasteiger charge is -2.09. The van der Waals surface area contributed by atoms with Crippen LogP contribution in [-0.4, -0.2) is 22.1 Å². The second kappa shape index (κ2) is 9.11. The summed E-state index contributed by atoms with van der Waals surface area (Å²) in [5.41, 5.74) is 2.23. The van der Waals surface area contributed by atoms with E-state index in [0.717, 1.165) is 32.5 Å². The smallest absolute Gasteiger partial charge is 0.263 e. The number of ether oxygens (including phenoxy) is 1. The highest BCUT2D eigenvalue weighted by Gasteiger charge is 2.18. The first-order valence-electron chi connectivity index (χ1n) is 11.0. The summed E-state index contributed by atoms with van der Waals surface area (Å²) in [6, 6.07) is 21.4. The van der Waals surface area contributed by atoms with Crippen LogP contribution in [0.1, 0.15) is 11.8 Å². The van der Waals surface area contributed by atoms with Crippen molar-refractivity contribution in [1.82, 2.24) is 9.55 Å². The summed E-state index contributed by atoms with van der Waals surface area (Å²) in [5.74, 6) is 0.498. The normalized spacial score (nSPS) is 11.1. The average molecular weight is 470 g/mol. The molecule has 7 heteroatoms. The largest absolute Gasteiger partial charge is 0.494 e. The van der Waals surface area contributed by atoms with E-state index >= 15 is 0 Å². The zero-order valence-electron chi connectivity index (χ0n) is 18.9. The third-order valence-corrected chi connectivity index (χ3v) is 6.67. The summed E-state index contributed by atoms with van der Waals surface area (Å²) < 4.78 is 6.90. The lowest BCUT2D eigenvalue weighted by molar-refractivity contribution is -0.116. The monoisotopic (exact) mass is 469 g/mol. The number of nitrogens with zero attached hydrogens (tertiary/aromatic N) is 2. The highest BCUT2D eigenvalue weighted by molar-refractivity contribution is 7.19. The maximum Gasteiger partial charge on any atom is 0.263 e. The summed E-state index contributed by atoms with van der Waals surface area (Å²) >= 11 is 1.48. The number of aryl methyl sites for hydroxylation is 1. The van der Waals surface area contributed by atoms with Crippen molar-refractivity contribution in [3.8, 4) is 16.9 Å². The lowest BCUT2D eigenvalue weighted by atomic mass is 10.0. The van der Waals surface area contributed by atoms with Crippen molar-refractivity contribution in [1.29, 1.82) is 0 Å². The number of thiophene rings is 1. The van der Waals surface area contributed by atoms with Crippen molar-refractivity contribution in [2.24, 2.45) is 0 Å². The number of benzene rings is 3. The van der Waals surface area contributed by atoms with Gasteiger partial charge in [0.05, 0.1) is 18.3 Å². The molecule has 0 aliphatic heterocycles. The molecule has 0 radical (unpaired) electrons. The molecule has 0 saturated carbocycles. The molecule has 3 aromatic carbocycles. The van der Waals surface area contributed by atoms with Gasteiger partial charge in [-0.1, -0.05) is 42.5 Å². The SMILES string of the molecule is CCOc1ccc(-c2c(C)sc3ncn(CC(=O)Nc4ccc5ccccc5c4)c(=O)c23)cc1. The van der Waals surface area contributed by atoms with Crippen LogP contribution in [0, 0.1) is 6.92 Å². The molecule has 5 rings (SSSR count). The van der Waals surface area contributed by atoms with Crippen LogP contribution in [0.3, 0.4) is 0 Å². The Hall–Kier alpha value is -3.97. The van der Waals surface area contributed by atoms with Gasteiger partial charge in [-0.2, -0.15) is 0 Å². The van der Waals surface area contributed by atoms with Crippen LogP contribution in [0.2, 0.25) is 0 Å². The molecule has 2 aromatic heterocycles. The van der Waals surface area contributed by atoms with Crippen molar-refractivity contribution in [3.63, 3.8) is 0 Å². The zero-order valence-corrected chi connectivity index (χ0v) is 19.7. The summed E-state index contributed by atoms with van der Waals surface area (Å²) in [6.07, 6.45) is 1.45. The molecule has 0 fully saturated rings. The van der Waals surface area contributed by atoms with Crippen LogP contribution in [0.5, 0.6) is 5.75 Å². The quantitative estimate of drug-likeness (QED) is 0.350. The van der Waals surface area contributed by atoms with E-state index in [1.54, 1.807) is 0 Å². The molecular formula is C27H23N3O3S. The fraction of sp³-hybridized carbons (Fsp3) is 0.148. The molecule has 0 aliphatic rings. The minimum absolute atomic E-state index is 0.119. The molecule has 0 saturated heterocycles. The second-order valence-corrected chi connectivity index (χ2v) is 9.16. The van der Waals surface area contributed by atoms with Crippen LogP contribution in [0.4, 0.5) is 5.69 Å². The van der Waals surface area contributed by atoms with Gasteiger partial charge in [-0.15, -0.1) is 11.3 Å². The number of carbonyl (C=O) groups excluding carboxylic acids is 1. The van der Waals surface area contributed by atoms with E-state index in [2.05, 4.69) is 10.3 Å². The van der Waals surface area contributed by atoms with Gasteiger partial charge in [-0.25, -0.2) is 4.98 Å². The average Bonchev–Trinajstić information content (AvgIpc) is 3.18. The lowest BCUT2D eigenvalue weighted by Crippen LogP contribution is -2.27. The van der Waals surface area contributed by atoms with E-state index < -0.39 is 0 Å². The second-order valence-electron chi connectivity index (χ2n) is 7.96. The number of anilines is 1. The van der Waals surface area contributed by atoms with E-state index in [9.17, 15) is 9.59 Å². The van der Waals surface area contributed by atoms with E-state index in [1.807, 2.05) is 80.6 Å². The van der Waals surface area contributed by atoms with E-state index in [0.29, 0.717) is 22.5 Å². The van der Waals surface area contributed by atoms with Crippen LogP contribution >= 0.6 is 11.3 Å². The zero-order chi connectivity index (χ0) is 23.7. The van der Waals surface area contributed by atoms with E-state index in [4.69, 9.17) is 4.74 Å². The molecule has 2 heterocycles. The number of aromatic nitrogens is 2. The summed E-state index contributed by atoms with van der Waals surface area (Å²) in [5, 5.41) is 5.56. The van der Waals surface area contributed by atoms with Crippen LogP contribution < -0.4 is 15.6 Å². The van der Waals surface area contributed by atoms with Gasteiger partial charge in [-0.05, 0) is 54.4 Å². The molecule has 0 bridgehead atoms. The Bertz CT molecular complexity index is 1570. The van der Waals surface area contributed by atoms with Crippen LogP contribution in [-0.2, 0) is 11.3 Å². The number of hydrogen-bond acceptors (Lipinski definition) is 5. The molecule has 0 aliphatic carbocycles. The molecule has 5 aromatic rings. The van der Waals surface area contributed by atoms with Gasteiger partial charge in [0.25, 0.3) is 5.56 Å². The third kappa shape index (κ3) is 4.18. The topological polar surface area (TPSA) is 73.2 Å².